The standard InChI is InChI=1S/C12H14O3/c1-9-4-3-5-10(6-9)7-11(13)8-12(14)15-2/h3-6H,7-8H2,1-2H3. The number of Topliss-reactive ketones (excluding diaryl/α,β-unsaturated/α-hetero) is 1. The highest BCUT2D eigenvalue weighted by atomic mass is 16.5. The second kappa shape index (κ2) is 5.29. The van der Waals surface area contributed by atoms with Crippen molar-refractivity contribution >= 4 is 11.8 Å². The SMILES string of the molecule is COC(=O)CC(=O)Cc1cccc(C)c1. The molecule has 0 bridgehead atoms. The van der Waals surface area contributed by atoms with Gasteiger partial charge in [-0.1, -0.05) is 29.8 Å². The molecule has 0 unspecified atom stereocenters. The normalized spacial score (nSPS) is 9.73. The van der Waals surface area contributed by atoms with Crippen LogP contribution in [0, 0.1) is 6.92 Å². The summed E-state index contributed by atoms with van der Waals surface area (Å²) in [5.74, 6) is -0.597. The van der Waals surface area contributed by atoms with Crippen LogP contribution in [0.5, 0.6) is 0 Å². The summed E-state index contributed by atoms with van der Waals surface area (Å²) in [6.07, 6.45) is 0.140. The second-order valence-electron chi connectivity index (χ2n) is 3.46. The molecule has 1 aromatic rings. The maximum absolute atomic E-state index is 11.4. The van der Waals surface area contributed by atoms with Crippen LogP contribution in [-0.2, 0) is 20.7 Å². The highest BCUT2D eigenvalue weighted by Crippen LogP contribution is 2.06. The van der Waals surface area contributed by atoms with Crippen LogP contribution < -0.4 is 0 Å². The molecule has 0 saturated heterocycles. The van der Waals surface area contributed by atoms with E-state index in [1.54, 1.807) is 0 Å². The minimum atomic E-state index is -0.479. The topological polar surface area (TPSA) is 43.4 Å². The molecule has 0 aliphatic carbocycles. The van der Waals surface area contributed by atoms with Crippen molar-refractivity contribution in [1.82, 2.24) is 0 Å². The van der Waals surface area contributed by atoms with Gasteiger partial charge in [0, 0.05) is 6.42 Å². The molecule has 0 aliphatic heterocycles. The molecular formula is C12H14O3. The Morgan fingerprint density at radius 2 is 2.07 bits per heavy atom. The van der Waals surface area contributed by atoms with Crippen molar-refractivity contribution in [3.05, 3.63) is 35.4 Å². The van der Waals surface area contributed by atoms with Crippen molar-refractivity contribution in [3.8, 4) is 0 Å². The van der Waals surface area contributed by atoms with E-state index in [1.807, 2.05) is 31.2 Å². The van der Waals surface area contributed by atoms with Crippen LogP contribution >= 0.6 is 0 Å². The average molecular weight is 206 g/mol. The molecule has 1 aromatic carbocycles. The Bertz CT molecular complexity index is 369. The van der Waals surface area contributed by atoms with Gasteiger partial charge >= 0.3 is 5.97 Å². The van der Waals surface area contributed by atoms with Crippen molar-refractivity contribution in [2.24, 2.45) is 0 Å². The largest absolute Gasteiger partial charge is 0.469 e. The van der Waals surface area contributed by atoms with Crippen LogP contribution in [-0.4, -0.2) is 18.9 Å². The summed E-state index contributed by atoms with van der Waals surface area (Å²) in [5.41, 5.74) is 2.04. The Hall–Kier alpha value is -1.64. The van der Waals surface area contributed by atoms with Crippen LogP contribution in [0.15, 0.2) is 24.3 Å². The first-order valence-electron chi connectivity index (χ1n) is 4.76. The van der Waals surface area contributed by atoms with E-state index in [1.165, 1.54) is 7.11 Å². The van der Waals surface area contributed by atoms with E-state index in [9.17, 15) is 9.59 Å². The molecule has 1 rings (SSSR count). The van der Waals surface area contributed by atoms with Gasteiger partial charge < -0.3 is 4.74 Å². The number of benzene rings is 1. The lowest BCUT2D eigenvalue weighted by atomic mass is 10.1. The van der Waals surface area contributed by atoms with Gasteiger partial charge in [-0.2, -0.15) is 0 Å². The molecule has 0 atom stereocenters. The quantitative estimate of drug-likeness (QED) is 0.556. The van der Waals surface area contributed by atoms with E-state index in [4.69, 9.17) is 0 Å². The Kier molecular flexibility index (Phi) is 4.03. The number of esters is 1. The second-order valence-corrected chi connectivity index (χ2v) is 3.46. The summed E-state index contributed by atoms with van der Waals surface area (Å²) in [7, 11) is 1.28. The smallest absolute Gasteiger partial charge is 0.313 e. The van der Waals surface area contributed by atoms with Gasteiger partial charge in [0.05, 0.1) is 7.11 Å². The van der Waals surface area contributed by atoms with E-state index >= 15 is 0 Å². The summed E-state index contributed by atoms with van der Waals surface area (Å²) in [4.78, 5) is 22.2. The zero-order valence-corrected chi connectivity index (χ0v) is 8.95. The first-order valence-corrected chi connectivity index (χ1v) is 4.76. The van der Waals surface area contributed by atoms with E-state index in [0.717, 1.165) is 11.1 Å². The predicted molar refractivity (Wildman–Crippen MR) is 56.5 cm³/mol. The number of ketones is 1. The first kappa shape index (κ1) is 11.4. The number of carbonyl (C=O) groups excluding carboxylic acids is 2. The molecule has 0 saturated carbocycles. The van der Waals surface area contributed by atoms with Crippen LogP contribution in [0.4, 0.5) is 0 Å². The van der Waals surface area contributed by atoms with Gasteiger partial charge in [0.15, 0.2) is 0 Å². The summed E-state index contributed by atoms with van der Waals surface area (Å²) >= 11 is 0. The van der Waals surface area contributed by atoms with Gasteiger partial charge in [0.2, 0.25) is 0 Å². The average Bonchev–Trinajstić information content (AvgIpc) is 2.17. The van der Waals surface area contributed by atoms with Gasteiger partial charge in [-0.15, -0.1) is 0 Å². The number of hydrogen-bond acceptors (Lipinski definition) is 3. The molecule has 0 aromatic heterocycles. The number of carbonyl (C=O) groups is 2. The molecule has 0 heterocycles. The molecule has 80 valence electrons. The van der Waals surface area contributed by atoms with Crippen LogP contribution in [0.2, 0.25) is 0 Å². The molecular weight excluding hydrogens is 192 g/mol. The number of rotatable bonds is 4. The maximum atomic E-state index is 11.4. The highest BCUT2D eigenvalue weighted by Gasteiger charge is 2.09. The predicted octanol–water partition coefficient (Wildman–Crippen LogP) is 1.67. The van der Waals surface area contributed by atoms with Gasteiger partial charge in [-0.3, -0.25) is 9.59 Å². The fraction of sp³-hybridized carbons (Fsp3) is 0.333. The third kappa shape index (κ3) is 3.94. The zero-order chi connectivity index (χ0) is 11.3. The molecule has 0 N–H and O–H groups in total. The third-order valence-corrected chi connectivity index (χ3v) is 2.05. The summed E-state index contributed by atoms with van der Waals surface area (Å²) < 4.78 is 4.42. The number of ether oxygens (including phenoxy) is 1. The van der Waals surface area contributed by atoms with Crippen LogP contribution in [0.25, 0.3) is 0 Å². The molecule has 0 aliphatic rings. The Morgan fingerprint density at radius 1 is 1.33 bits per heavy atom. The van der Waals surface area contributed by atoms with Gasteiger partial charge in [-0.05, 0) is 12.5 Å². The van der Waals surface area contributed by atoms with Crippen molar-refractivity contribution in [3.63, 3.8) is 0 Å². The van der Waals surface area contributed by atoms with Crippen molar-refractivity contribution < 1.29 is 14.3 Å². The molecule has 0 radical (unpaired) electrons. The summed E-state index contributed by atoms with van der Waals surface area (Å²) in [6, 6.07) is 7.68. The van der Waals surface area contributed by atoms with Gasteiger partial charge in [0.1, 0.15) is 12.2 Å². The van der Waals surface area contributed by atoms with Gasteiger partial charge in [0.25, 0.3) is 0 Å². The lowest BCUT2D eigenvalue weighted by molar-refractivity contribution is -0.143. The van der Waals surface area contributed by atoms with E-state index in [2.05, 4.69) is 4.74 Å². The van der Waals surface area contributed by atoms with Gasteiger partial charge in [-0.25, -0.2) is 0 Å². The minimum Gasteiger partial charge on any atom is -0.469 e. The van der Waals surface area contributed by atoms with Crippen molar-refractivity contribution in [2.45, 2.75) is 19.8 Å². The number of aryl methyl sites for hydroxylation is 1. The van der Waals surface area contributed by atoms with E-state index in [0.29, 0.717) is 0 Å². The fourth-order valence-corrected chi connectivity index (χ4v) is 1.35. The van der Waals surface area contributed by atoms with E-state index < -0.39 is 5.97 Å². The van der Waals surface area contributed by atoms with Crippen LogP contribution in [0.1, 0.15) is 17.5 Å². The lowest BCUT2D eigenvalue weighted by Gasteiger charge is -2.01. The van der Waals surface area contributed by atoms with Crippen molar-refractivity contribution in [1.29, 1.82) is 0 Å². The monoisotopic (exact) mass is 206 g/mol. The molecule has 15 heavy (non-hydrogen) atoms. The summed E-state index contributed by atoms with van der Waals surface area (Å²) in [6.45, 7) is 1.97. The molecule has 0 fully saturated rings. The van der Waals surface area contributed by atoms with E-state index in [-0.39, 0.29) is 18.6 Å². The minimum absolute atomic E-state index is 0.118. The molecule has 3 nitrogen and oxygen atoms in total. The van der Waals surface area contributed by atoms with Crippen molar-refractivity contribution in [2.75, 3.05) is 7.11 Å². The zero-order valence-electron chi connectivity index (χ0n) is 8.95. The number of hydrogen-bond donors (Lipinski definition) is 0. The van der Waals surface area contributed by atoms with Crippen LogP contribution in [0.3, 0.4) is 0 Å². The number of methoxy groups -OCH3 is 1. The molecule has 3 heteroatoms. The lowest BCUT2D eigenvalue weighted by Crippen LogP contribution is -2.11. The fourth-order valence-electron chi connectivity index (χ4n) is 1.35. The Balaban J connectivity index is 2.55. The summed E-state index contributed by atoms with van der Waals surface area (Å²) in [5, 5.41) is 0. The third-order valence-electron chi connectivity index (χ3n) is 2.05. The molecule has 0 spiro atoms. The maximum Gasteiger partial charge on any atom is 0.313 e. The Morgan fingerprint density at radius 3 is 2.67 bits per heavy atom. The first-order chi connectivity index (χ1) is 7.11. The Labute approximate surface area is 89.1 Å². The highest BCUT2D eigenvalue weighted by molar-refractivity contribution is 5.96. The molecule has 0 amide bonds.